The highest BCUT2D eigenvalue weighted by atomic mass is 16.2. The summed E-state index contributed by atoms with van der Waals surface area (Å²) in [7, 11) is 1.88. The van der Waals surface area contributed by atoms with Crippen molar-refractivity contribution in [3.8, 4) is 0 Å². The highest BCUT2D eigenvalue weighted by molar-refractivity contribution is 5.77. The SMILES string of the molecule is CCNCC(=O)N(C)CCCC(C)C. The molecule has 0 aromatic carbocycles. The number of rotatable bonds is 7. The molecule has 1 amide bonds. The van der Waals surface area contributed by atoms with Crippen molar-refractivity contribution in [2.45, 2.75) is 33.6 Å². The molecule has 0 unspecified atom stereocenters. The second kappa shape index (κ2) is 7.80. The maximum absolute atomic E-state index is 11.4. The van der Waals surface area contributed by atoms with Crippen LogP contribution in [0.1, 0.15) is 33.6 Å². The minimum absolute atomic E-state index is 0.190. The zero-order valence-electron chi connectivity index (χ0n) is 9.97. The number of carbonyl (C=O) groups excluding carboxylic acids is 1. The Kier molecular flexibility index (Phi) is 7.48. The van der Waals surface area contributed by atoms with Crippen molar-refractivity contribution in [3.05, 3.63) is 0 Å². The lowest BCUT2D eigenvalue weighted by atomic mass is 10.1. The van der Waals surface area contributed by atoms with E-state index in [1.54, 1.807) is 0 Å². The molecule has 84 valence electrons. The molecule has 0 rings (SSSR count). The van der Waals surface area contributed by atoms with Crippen molar-refractivity contribution in [1.82, 2.24) is 10.2 Å². The molecule has 0 atom stereocenters. The fraction of sp³-hybridized carbons (Fsp3) is 0.909. The van der Waals surface area contributed by atoms with Crippen molar-refractivity contribution in [3.63, 3.8) is 0 Å². The van der Waals surface area contributed by atoms with Gasteiger partial charge in [0.15, 0.2) is 0 Å². The molecule has 0 aliphatic heterocycles. The number of amides is 1. The molecule has 0 bridgehead atoms. The summed E-state index contributed by atoms with van der Waals surface area (Å²) in [6.07, 6.45) is 2.30. The second-order valence-electron chi connectivity index (χ2n) is 4.13. The van der Waals surface area contributed by atoms with Crippen LogP contribution >= 0.6 is 0 Å². The predicted octanol–water partition coefficient (Wildman–Crippen LogP) is 1.49. The van der Waals surface area contributed by atoms with E-state index in [2.05, 4.69) is 19.2 Å². The molecule has 3 nitrogen and oxygen atoms in total. The van der Waals surface area contributed by atoms with Crippen LogP contribution in [-0.4, -0.2) is 37.5 Å². The molecular formula is C11H24N2O. The molecule has 0 fully saturated rings. The van der Waals surface area contributed by atoms with E-state index >= 15 is 0 Å². The molecule has 0 aliphatic rings. The van der Waals surface area contributed by atoms with E-state index in [0.29, 0.717) is 6.54 Å². The summed E-state index contributed by atoms with van der Waals surface area (Å²) in [5.74, 6) is 0.919. The molecule has 3 heteroatoms. The van der Waals surface area contributed by atoms with Crippen LogP contribution in [0.4, 0.5) is 0 Å². The summed E-state index contributed by atoms with van der Waals surface area (Å²) in [6.45, 7) is 8.62. The van der Waals surface area contributed by atoms with Crippen molar-refractivity contribution in [2.24, 2.45) is 5.92 Å². The van der Waals surface area contributed by atoms with Crippen LogP contribution in [0, 0.1) is 5.92 Å². The Balaban J connectivity index is 3.51. The summed E-state index contributed by atoms with van der Waals surface area (Å²) in [6, 6.07) is 0. The first-order valence-electron chi connectivity index (χ1n) is 5.52. The minimum atomic E-state index is 0.190. The third-order valence-electron chi connectivity index (χ3n) is 2.23. The van der Waals surface area contributed by atoms with Gasteiger partial charge in [0.1, 0.15) is 0 Å². The van der Waals surface area contributed by atoms with Crippen molar-refractivity contribution in [1.29, 1.82) is 0 Å². The highest BCUT2D eigenvalue weighted by Gasteiger charge is 2.06. The molecule has 0 saturated heterocycles. The Labute approximate surface area is 87.9 Å². The highest BCUT2D eigenvalue weighted by Crippen LogP contribution is 2.03. The largest absolute Gasteiger partial charge is 0.345 e. The molecule has 0 aromatic heterocycles. The smallest absolute Gasteiger partial charge is 0.236 e. The van der Waals surface area contributed by atoms with Crippen molar-refractivity contribution in [2.75, 3.05) is 26.7 Å². The summed E-state index contributed by atoms with van der Waals surface area (Å²) >= 11 is 0. The predicted molar refractivity (Wildman–Crippen MR) is 60.3 cm³/mol. The maximum atomic E-state index is 11.4. The molecular weight excluding hydrogens is 176 g/mol. The Morgan fingerprint density at radius 2 is 2.07 bits per heavy atom. The molecule has 1 N–H and O–H groups in total. The second-order valence-corrected chi connectivity index (χ2v) is 4.13. The minimum Gasteiger partial charge on any atom is -0.345 e. The number of hydrogen-bond acceptors (Lipinski definition) is 2. The fourth-order valence-electron chi connectivity index (χ4n) is 1.23. The van der Waals surface area contributed by atoms with E-state index in [4.69, 9.17) is 0 Å². The number of likely N-dealkylation sites (N-methyl/N-ethyl adjacent to an activating group) is 2. The zero-order valence-corrected chi connectivity index (χ0v) is 9.97. The normalized spacial score (nSPS) is 10.6. The third-order valence-corrected chi connectivity index (χ3v) is 2.23. The first kappa shape index (κ1) is 13.4. The average Bonchev–Trinajstić information content (AvgIpc) is 2.13. The lowest BCUT2D eigenvalue weighted by Gasteiger charge is -2.17. The first-order valence-corrected chi connectivity index (χ1v) is 5.52. The van der Waals surface area contributed by atoms with Crippen LogP contribution < -0.4 is 5.32 Å². The van der Waals surface area contributed by atoms with Gasteiger partial charge < -0.3 is 10.2 Å². The maximum Gasteiger partial charge on any atom is 0.236 e. The van der Waals surface area contributed by atoms with Gasteiger partial charge in [-0.05, 0) is 25.3 Å². The van der Waals surface area contributed by atoms with Gasteiger partial charge in [-0.25, -0.2) is 0 Å². The van der Waals surface area contributed by atoms with Crippen LogP contribution in [0.3, 0.4) is 0 Å². The van der Waals surface area contributed by atoms with Gasteiger partial charge in [-0.2, -0.15) is 0 Å². The van der Waals surface area contributed by atoms with Gasteiger partial charge in [-0.3, -0.25) is 4.79 Å². The van der Waals surface area contributed by atoms with Crippen LogP contribution in [-0.2, 0) is 4.79 Å². The Morgan fingerprint density at radius 3 is 2.57 bits per heavy atom. The monoisotopic (exact) mass is 200 g/mol. The topological polar surface area (TPSA) is 32.3 Å². The molecule has 0 heterocycles. The Morgan fingerprint density at radius 1 is 1.43 bits per heavy atom. The molecule has 0 radical (unpaired) electrons. The summed E-state index contributed by atoms with van der Waals surface area (Å²) in [5, 5.41) is 3.04. The molecule has 0 spiro atoms. The van der Waals surface area contributed by atoms with E-state index in [1.165, 1.54) is 6.42 Å². The van der Waals surface area contributed by atoms with Gasteiger partial charge in [0.25, 0.3) is 0 Å². The van der Waals surface area contributed by atoms with E-state index in [9.17, 15) is 4.79 Å². The molecule has 14 heavy (non-hydrogen) atoms. The van der Waals surface area contributed by atoms with Gasteiger partial charge in [0, 0.05) is 13.6 Å². The van der Waals surface area contributed by atoms with Gasteiger partial charge in [0.05, 0.1) is 6.54 Å². The van der Waals surface area contributed by atoms with Gasteiger partial charge >= 0.3 is 0 Å². The fourth-order valence-corrected chi connectivity index (χ4v) is 1.23. The Hall–Kier alpha value is -0.570. The summed E-state index contributed by atoms with van der Waals surface area (Å²) in [5.41, 5.74) is 0. The van der Waals surface area contributed by atoms with Crippen molar-refractivity contribution >= 4 is 5.91 Å². The quantitative estimate of drug-likeness (QED) is 0.675. The summed E-state index contributed by atoms with van der Waals surface area (Å²) in [4.78, 5) is 13.3. The van der Waals surface area contributed by atoms with Gasteiger partial charge in [-0.15, -0.1) is 0 Å². The zero-order chi connectivity index (χ0) is 11.0. The number of nitrogens with zero attached hydrogens (tertiary/aromatic N) is 1. The summed E-state index contributed by atoms with van der Waals surface area (Å²) < 4.78 is 0. The van der Waals surface area contributed by atoms with Crippen molar-refractivity contribution < 1.29 is 4.79 Å². The van der Waals surface area contributed by atoms with Gasteiger partial charge in [0.2, 0.25) is 5.91 Å². The number of carbonyl (C=O) groups is 1. The standard InChI is InChI=1S/C11H24N2O/c1-5-12-9-11(14)13(4)8-6-7-10(2)3/h10,12H,5-9H2,1-4H3. The van der Waals surface area contributed by atoms with E-state index in [1.807, 2.05) is 18.9 Å². The van der Waals surface area contributed by atoms with E-state index < -0.39 is 0 Å². The van der Waals surface area contributed by atoms with Crippen LogP contribution in [0.2, 0.25) is 0 Å². The number of nitrogens with one attached hydrogen (secondary N) is 1. The van der Waals surface area contributed by atoms with Gasteiger partial charge in [-0.1, -0.05) is 20.8 Å². The molecule has 0 saturated carbocycles. The van der Waals surface area contributed by atoms with Crippen LogP contribution in [0.25, 0.3) is 0 Å². The molecule has 0 aromatic rings. The number of hydrogen-bond donors (Lipinski definition) is 1. The van der Waals surface area contributed by atoms with Crippen LogP contribution in [0.15, 0.2) is 0 Å². The lowest BCUT2D eigenvalue weighted by molar-refractivity contribution is -0.129. The molecule has 0 aliphatic carbocycles. The third kappa shape index (κ3) is 6.89. The Bertz CT molecular complexity index is 157. The first-order chi connectivity index (χ1) is 6.57. The van der Waals surface area contributed by atoms with Crippen LogP contribution in [0.5, 0.6) is 0 Å². The lowest BCUT2D eigenvalue weighted by Crippen LogP contribution is -2.36. The average molecular weight is 200 g/mol. The van der Waals surface area contributed by atoms with E-state index in [-0.39, 0.29) is 5.91 Å². The van der Waals surface area contributed by atoms with E-state index in [0.717, 1.165) is 25.4 Å².